The average Bonchev–Trinajstić information content (AvgIpc) is 2.65. The molecule has 0 spiro atoms. The van der Waals surface area contributed by atoms with Crippen molar-refractivity contribution >= 4 is 23.3 Å². The van der Waals surface area contributed by atoms with Gasteiger partial charge in [0.25, 0.3) is 0 Å². The molecule has 0 atom stereocenters. The van der Waals surface area contributed by atoms with Crippen LogP contribution in [0.4, 0.5) is 0 Å². The van der Waals surface area contributed by atoms with Crippen molar-refractivity contribution in [3.05, 3.63) is 59.7 Å². The van der Waals surface area contributed by atoms with Crippen LogP contribution in [0, 0.1) is 0 Å². The molecule has 0 bridgehead atoms. The van der Waals surface area contributed by atoms with E-state index in [0.717, 1.165) is 37.0 Å². The Morgan fingerprint density at radius 2 is 1.60 bits per heavy atom. The predicted molar refractivity (Wildman–Crippen MR) is 104 cm³/mol. The number of ketones is 2. The number of carbonyl (C=O) groups excluding carboxylic acids is 2. The SMILES string of the molecule is CCCCCCC(=O)C(=O)c1ccc(Sc2ccccc2CC)cc1. The number of unbranched alkanes of at least 4 members (excludes halogenated alkanes) is 3. The van der Waals surface area contributed by atoms with Crippen molar-refractivity contribution < 1.29 is 9.59 Å². The molecule has 132 valence electrons. The average molecular weight is 355 g/mol. The van der Waals surface area contributed by atoms with Crippen molar-refractivity contribution in [1.82, 2.24) is 0 Å². The quantitative estimate of drug-likeness (QED) is 0.293. The first-order valence-corrected chi connectivity index (χ1v) is 9.90. The summed E-state index contributed by atoms with van der Waals surface area (Å²) in [4.78, 5) is 26.5. The van der Waals surface area contributed by atoms with Crippen LogP contribution in [0.15, 0.2) is 58.3 Å². The molecule has 0 amide bonds. The van der Waals surface area contributed by atoms with Gasteiger partial charge in [-0.3, -0.25) is 9.59 Å². The van der Waals surface area contributed by atoms with Crippen LogP contribution < -0.4 is 0 Å². The first-order valence-electron chi connectivity index (χ1n) is 9.09. The largest absolute Gasteiger partial charge is 0.290 e. The van der Waals surface area contributed by atoms with Crippen LogP contribution >= 0.6 is 11.8 Å². The zero-order valence-corrected chi connectivity index (χ0v) is 15.9. The fourth-order valence-electron chi connectivity index (χ4n) is 2.68. The molecule has 0 saturated carbocycles. The summed E-state index contributed by atoms with van der Waals surface area (Å²) >= 11 is 1.69. The summed E-state index contributed by atoms with van der Waals surface area (Å²) in [6.45, 7) is 4.28. The molecule has 3 heteroatoms. The van der Waals surface area contributed by atoms with Gasteiger partial charge in [-0.05, 0) is 48.7 Å². The highest BCUT2D eigenvalue weighted by molar-refractivity contribution is 7.99. The van der Waals surface area contributed by atoms with E-state index in [9.17, 15) is 9.59 Å². The van der Waals surface area contributed by atoms with E-state index in [0.29, 0.717) is 12.0 Å². The first kappa shape index (κ1) is 19.5. The third-order valence-electron chi connectivity index (χ3n) is 4.21. The molecule has 0 radical (unpaired) electrons. The second kappa shape index (κ2) is 10.2. The zero-order chi connectivity index (χ0) is 18.1. The fourth-order valence-corrected chi connectivity index (χ4v) is 3.70. The summed E-state index contributed by atoms with van der Waals surface area (Å²) in [6.07, 6.45) is 5.42. The summed E-state index contributed by atoms with van der Waals surface area (Å²) < 4.78 is 0. The van der Waals surface area contributed by atoms with Gasteiger partial charge in [-0.15, -0.1) is 0 Å². The molecule has 0 saturated heterocycles. The molecule has 2 aromatic carbocycles. The fraction of sp³-hybridized carbons (Fsp3) is 0.364. The zero-order valence-electron chi connectivity index (χ0n) is 15.1. The number of aryl methyl sites for hydroxylation is 1. The van der Waals surface area contributed by atoms with E-state index in [-0.39, 0.29) is 11.6 Å². The van der Waals surface area contributed by atoms with Gasteiger partial charge >= 0.3 is 0 Å². The van der Waals surface area contributed by atoms with E-state index in [1.807, 2.05) is 18.2 Å². The molecule has 2 aromatic rings. The van der Waals surface area contributed by atoms with Crippen LogP contribution in [-0.4, -0.2) is 11.6 Å². The van der Waals surface area contributed by atoms with E-state index >= 15 is 0 Å². The molecule has 0 fully saturated rings. The summed E-state index contributed by atoms with van der Waals surface area (Å²) in [7, 11) is 0. The molecule has 0 aromatic heterocycles. The Kier molecular flexibility index (Phi) is 7.93. The molecule has 0 unspecified atom stereocenters. The van der Waals surface area contributed by atoms with Crippen LogP contribution in [0.25, 0.3) is 0 Å². The van der Waals surface area contributed by atoms with Crippen LogP contribution in [0.3, 0.4) is 0 Å². The van der Waals surface area contributed by atoms with Crippen molar-refractivity contribution in [2.24, 2.45) is 0 Å². The van der Waals surface area contributed by atoms with Gasteiger partial charge < -0.3 is 0 Å². The maximum Gasteiger partial charge on any atom is 0.228 e. The van der Waals surface area contributed by atoms with E-state index in [4.69, 9.17) is 0 Å². The third-order valence-corrected chi connectivity index (χ3v) is 5.33. The van der Waals surface area contributed by atoms with E-state index < -0.39 is 0 Å². The number of rotatable bonds is 10. The molecule has 0 heterocycles. The first-order chi connectivity index (χ1) is 12.2. The third kappa shape index (κ3) is 5.86. The predicted octanol–water partition coefficient (Wildman–Crippen LogP) is 6.12. The molecule has 0 N–H and O–H groups in total. The second-order valence-electron chi connectivity index (χ2n) is 6.15. The smallest absolute Gasteiger partial charge is 0.228 e. The molecular weight excluding hydrogens is 328 g/mol. The summed E-state index contributed by atoms with van der Waals surface area (Å²) in [5.74, 6) is -0.630. The molecule has 2 nitrogen and oxygen atoms in total. The Hall–Kier alpha value is -1.87. The van der Waals surface area contributed by atoms with Gasteiger partial charge in [-0.25, -0.2) is 0 Å². The Bertz CT molecular complexity index is 704. The van der Waals surface area contributed by atoms with Crippen LogP contribution in [0.1, 0.15) is 61.9 Å². The number of hydrogen-bond acceptors (Lipinski definition) is 3. The lowest BCUT2D eigenvalue weighted by atomic mass is 10.0. The highest BCUT2D eigenvalue weighted by Crippen LogP contribution is 2.30. The van der Waals surface area contributed by atoms with Crippen LogP contribution in [0.2, 0.25) is 0 Å². The van der Waals surface area contributed by atoms with Crippen molar-refractivity contribution in [1.29, 1.82) is 0 Å². The Labute approximate surface area is 155 Å². The number of benzene rings is 2. The van der Waals surface area contributed by atoms with Crippen molar-refractivity contribution in [2.45, 2.75) is 62.2 Å². The van der Waals surface area contributed by atoms with Crippen LogP contribution in [0.5, 0.6) is 0 Å². The highest BCUT2D eigenvalue weighted by Gasteiger charge is 2.15. The van der Waals surface area contributed by atoms with Gasteiger partial charge in [-0.1, -0.05) is 63.1 Å². The van der Waals surface area contributed by atoms with Crippen LogP contribution in [-0.2, 0) is 11.2 Å². The maximum absolute atomic E-state index is 12.2. The van der Waals surface area contributed by atoms with E-state index in [1.54, 1.807) is 23.9 Å². The number of Topliss-reactive ketones (excluding diaryl/α,β-unsaturated/α-hetero) is 2. The summed E-state index contributed by atoms with van der Waals surface area (Å²) in [5, 5.41) is 0. The minimum Gasteiger partial charge on any atom is -0.290 e. The second-order valence-corrected chi connectivity index (χ2v) is 7.27. The molecule has 2 rings (SSSR count). The summed E-state index contributed by atoms with van der Waals surface area (Å²) in [6, 6.07) is 15.7. The lowest BCUT2D eigenvalue weighted by Gasteiger charge is -2.07. The molecule has 0 aliphatic rings. The van der Waals surface area contributed by atoms with Gasteiger partial charge in [0.05, 0.1) is 0 Å². The van der Waals surface area contributed by atoms with Gasteiger partial charge in [0.15, 0.2) is 0 Å². The minimum atomic E-state index is -0.359. The Morgan fingerprint density at radius 1 is 0.880 bits per heavy atom. The Balaban J connectivity index is 1.97. The standard InChI is InChI=1S/C22H26O2S/c1-3-5-6-7-11-20(23)22(24)18-13-15-19(16-14-18)25-21-12-9-8-10-17(21)4-2/h8-10,12-16H,3-7,11H2,1-2H3. The normalized spacial score (nSPS) is 10.6. The maximum atomic E-state index is 12.2. The van der Waals surface area contributed by atoms with E-state index in [2.05, 4.69) is 32.0 Å². The lowest BCUT2D eigenvalue weighted by molar-refractivity contribution is -0.115. The number of carbonyl (C=O) groups is 2. The topological polar surface area (TPSA) is 34.1 Å². The molecular formula is C22H26O2S. The molecule has 0 aliphatic carbocycles. The van der Waals surface area contributed by atoms with Gasteiger partial charge in [0.2, 0.25) is 11.6 Å². The van der Waals surface area contributed by atoms with Gasteiger partial charge in [0.1, 0.15) is 0 Å². The van der Waals surface area contributed by atoms with Gasteiger partial charge in [0, 0.05) is 21.8 Å². The monoisotopic (exact) mass is 354 g/mol. The molecule has 25 heavy (non-hydrogen) atoms. The summed E-state index contributed by atoms with van der Waals surface area (Å²) in [5.41, 5.74) is 1.81. The van der Waals surface area contributed by atoms with Crippen molar-refractivity contribution in [3.8, 4) is 0 Å². The highest BCUT2D eigenvalue weighted by atomic mass is 32.2. The lowest BCUT2D eigenvalue weighted by Crippen LogP contribution is -2.13. The van der Waals surface area contributed by atoms with Crippen molar-refractivity contribution in [3.63, 3.8) is 0 Å². The van der Waals surface area contributed by atoms with Gasteiger partial charge in [-0.2, -0.15) is 0 Å². The minimum absolute atomic E-state index is 0.271. The number of hydrogen-bond donors (Lipinski definition) is 0. The Morgan fingerprint density at radius 3 is 2.28 bits per heavy atom. The molecule has 0 aliphatic heterocycles. The van der Waals surface area contributed by atoms with E-state index in [1.165, 1.54) is 10.5 Å². The van der Waals surface area contributed by atoms with Crippen molar-refractivity contribution in [2.75, 3.05) is 0 Å².